The molecular weight excluding hydrogens is 317 g/mol. The monoisotopic (exact) mass is 335 g/mol. The molecule has 1 aliphatic rings. The number of rotatable bonds is 2. The molecule has 0 atom stereocenters. The van der Waals surface area contributed by atoms with Crippen molar-refractivity contribution in [2.24, 2.45) is 0 Å². The first-order valence-electron chi connectivity index (χ1n) is 6.83. The summed E-state index contributed by atoms with van der Waals surface area (Å²) in [4.78, 5) is 0. The highest BCUT2D eigenvalue weighted by Crippen LogP contribution is 2.40. The molecule has 0 amide bonds. The maximum Gasteiger partial charge on any atom is 0.495 e. The van der Waals surface area contributed by atoms with Crippen LogP contribution in [0.3, 0.4) is 0 Å². The standard InChI is InChI=1S/C14H18BClF3NO2/c1-12(2)13(3,4)22-15(21-12)9-6-8(20-5)7-10(16)11(9)14(17,18)19/h6-7,20H,1-5H3. The lowest BCUT2D eigenvalue weighted by Crippen LogP contribution is -2.41. The van der Waals surface area contributed by atoms with Crippen LogP contribution in [0.5, 0.6) is 0 Å². The third kappa shape index (κ3) is 2.94. The van der Waals surface area contributed by atoms with E-state index in [1.807, 2.05) is 0 Å². The van der Waals surface area contributed by atoms with Crippen molar-refractivity contribution in [3.05, 3.63) is 22.7 Å². The largest absolute Gasteiger partial charge is 0.495 e. The number of anilines is 1. The first-order chi connectivity index (χ1) is 9.89. The molecule has 0 spiro atoms. The van der Waals surface area contributed by atoms with Crippen molar-refractivity contribution < 1.29 is 22.5 Å². The van der Waals surface area contributed by atoms with Crippen LogP contribution >= 0.6 is 11.6 Å². The van der Waals surface area contributed by atoms with Crippen LogP contribution < -0.4 is 10.8 Å². The van der Waals surface area contributed by atoms with E-state index in [1.165, 1.54) is 12.1 Å². The Kier molecular flexibility index (Phi) is 4.22. The minimum atomic E-state index is -4.59. The Morgan fingerprint density at radius 2 is 1.59 bits per heavy atom. The Bertz CT molecular complexity index is 574. The Balaban J connectivity index is 2.58. The molecule has 0 saturated carbocycles. The molecule has 8 heteroatoms. The van der Waals surface area contributed by atoms with E-state index in [0.29, 0.717) is 5.69 Å². The first-order valence-corrected chi connectivity index (χ1v) is 7.21. The number of nitrogens with one attached hydrogen (secondary N) is 1. The number of hydrogen-bond acceptors (Lipinski definition) is 3. The zero-order valence-electron chi connectivity index (χ0n) is 13.1. The lowest BCUT2D eigenvalue weighted by Gasteiger charge is -2.32. The lowest BCUT2D eigenvalue weighted by atomic mass is 9.75. The van der Waals surface area contributed by atoms with Crippen LogP contribution in [0, 0.1) is 0 Å². The van der Waals surface area contributed by atoms with E-state index in [2.05, 4.69) is 5.32 Å². The highest BCUT2D eigenvalue weighted by molar-refractivity contribution is 6.63. The minimum absolute atomic E-state index is 0.122. The molecule has 0 aliphatic carbocycles. The maximum atomic E-state index is 13.4. The van der Waals surface area contributed by atoms with Gasteiger partial charge in [0.15, 0.2) is 0 Å². The average Bonchev–Trinajstić information content (AvgIpc) is 2.55. The molecule has 2 rings (SSSR count). The summed E-state index contributed by atoms with van der Waals surface area (Å²) in [6.45, 7) is 7.13. The first kappa shape index (κ1) is 17.4. The van der Waals surface area contributed by atoms with Gasteiger partial charge in [-0.3, -0.25) is 0 Å². The van der Waals surface area contributed by atoms with Crippen LogP contribution in [-0.4, -0.2) is 25.4 Å². The second-order valence-corrected chi connectivity index (χ2v) is 6.67. The predicted octanol–water partition coefficient (Wildman–Crippen LogP) is 3.70. The summed E-state index contributed by atoms with van der Waals surface area (Å²) >= 11 is 5.85. The molecule has 22 heavy (non-hydrogen) atoms. The molecule has 1 aromatic carbocycles. The van der Waals surface area contributed by atoms with E-state index in [0.717, 1.165) is 0 Å². The quantitative estimate of drug-likeness (QED) is 0.836. The molecule has 1 aliphatic heterocycles. The number of halogens is 4. The van der Waals surface area contributed by atoms with Gasteiger partial charge in [-0.25, -0.2) is 0 Å². The van der Waals surface area contributed by atoms with Crippen molar-refractivity contribution in [3.63, 3.8) is 0 Å². The van der Waals surface area contributed by atoms with E-state index in [1.54, 1.807) is 34.7 Å². The van der Waals surface area contributed by atoms with Crippen LogP contribution in [0.4, 0.5) is 18.9 Å². The topological polar surface area (TPSA) is 30.5 Å². The molecule has 0 bridgehead atoms. The van der Waals surface area contributed by atoms with Gasteiger partial charge in [-0.15, -0.1) is 0 Å². The van der Waals surface area contributed by atoms with Crippen LogP contribution in [0.2, 0.25) is 5.02 Å². The van der Waals surface area contributed by atoms with Gasteiger partial charge < -0.3 is 14.6 Å². The van der Waals surface area contributed by atoms with Crippen molar-refractivity contribution in [3.8, 4) is 0 Å². The molecule has 1 saturated heterocycles. The summed E-state index contributed by atoms with van der Waals surface area (Å²) in [5, 5.41) is 2.40. The molecule has 122 valence electrons. The SMILES string of the molecule is CNc1cc(Cl)c(C(F)(F)F)c(B2OC(C)(C)C(C)(C)O2)c1. The Morgan fingerprint density at radius 1 is 1.09 bits per heavy atom. The van der Waals surface area contributed by atoms with Crippen molar-refractivity contribution in [2.45, 2.75) is 45.1 Å². The predicted molar refractivity (Wildman–Crippen MR) is 81.7 cm³/mol. The number of hydrogen-bond donors (Lipinski definition) is 1. The van der Waals surface area contributed by atoms with E-state index in [4.69, 9.17) is 20.9 Å². The molecule has 1 aromatic rings. The highest BCUT2D eigenvalue weighted by Gasteiger charge is 2.54. The second-order valence-electron chi connectivity index (χ2n) is 6.26. The van der Waals surface area contributed by atoms with Gasteiger partial charge in [0, 0.05) is 12.7 Å². The van der Waals surface area contributed by atoms with Crippen molar-refractivity contribution in [1.29, 1.82) is 0 Å². The van der Waals surface area contributed by atoms with Gasteiger partial charge in [-0.1, -0.05) is 11.6 Å². The fraction of sp³-hybridized carbons (Fsp3) is 0.571. The fourth-order valence-electron chi connectivity index (χ4n) is 2.23. The van der Waals surface area contributed by atoms with E-state index in [9.17, 15) is 13.2 Å². The third-order valence-electron chi connectivity index (χ3n) is 4.20. The summed E-state index contributed by atoms with van der Waals surface area (Å²) in [6.07, 6.45) is -4.59. The van der Waals surface area contributed by atoms with Gasteiger partial charge in [-0.2, -0.15) is 13.2 Å². The summed E-state index contributed by atoms with van der Waals surface area (Å²) in [5.74, 6) is 0. The van der Waals surface area contributed by atoms with E-state index in [-0.39, 0.29) is 10.5 Å². The van der Waals surface area contributed by atoms with Gasteiger partial charge in [0.2, 0.25) is 0 Å². The average molecular weight is 336 g/mol. The molecule has 1 fully saturated rings. The number of alkyl halides is 3. The van der Waals surface area contributed by atoms with Gasteiger partial charge in [-0.05, 0) is 45.3 Å². The molecule has 0 radical (unpaired) electrons. The Hall–Kier alpha value is -0.915. The normalized spacial score (nSPS) is 20.3. The Morgan fingerprint density at radius 3 is 2.00 bits per heavy atom. The van der Waals surface area contributed by atoms with Crippen molar-refractivity contribution in [2.75, 3.05) is 12.4 Å². The van der Waals surface area contributed by atoms with Gasteiger partial charge in [0.25, 0.3) is 0 Å². The van der Waals surface area contributed by atoms with E-state index < -0.39 is 30.1 Å². The maximum absolute atomic E-state index is 13.4. The van der Waals surface area contributed by atoms with Crippen LogP contribution in [0.25, 0.3) is 0 Å². The van der Waals surface area contributed by atoms with Gasteiger partial charge in [0.1, 0.15) is 0 Å². The number of benzene rings is 1. The molecular formula is C14H18BClF3NO2. The van der Waals surface area contributed by atoms with Crippen LogP contribution in [0.15, 0.2) is 12.1 Å². The highest BCUT2D eigenvalue weighted by atomic mass is 35.5. The zero-order chi connectivity index (χ0) is 16.9. The summed E-state index contributed by atoms with van der Waals surface area (Å²) in [5.41, 5.74) is -2.05. The van der Waals surface area contributed by atoms with Crippen LogP contribution in [-0.2, 0) is 15.5 Å². The molecule has 3 nitrogen and oxygen atoms in total. The molecule has 0 aromatic heterocycles. The lowest BCUT2D eigenvalue weighted by molar-refractivity contribution is -0.136. The summed E-state index contributed by atoms with van der Waals surface area (Å²) in [6, 6.07) is 2.59. The van der Waals surface area contributed by atoms with Crippen LogP contribution in [0.1, 0.15) is 33.3 Å². The second kappa shape index (κ2) is 5.32. The van der Waals surface area contributed by atoms with E-state index >= 15 is 0 Å². The van der Waals surface area contributed by atoms with Crippen molar-refractivity contribution in [1.82, 2.24) is 0 Å². The minimum Gasteiger partial charge on any atom is -0.399 e. The smallest absolute Gasteiger partial charge is 0.399 e. The Labute approximate surface area is 133 Å². The van der Waals surface area contributed by atoms with Gasteiger partial charge in [0.05, 0.1) is 21.8 Å². The zero-order valence-corrected chi connectivity index (χ0v) is 13.8. The summed E-state index contributed by atoms with van der Waals surface area (Å²) < 4.78 is 51.6. The third-order valence-corrected chi connectivity index (χ3v) is 4.50. The fourth-order valence-corrected chi connectivity index (χ4v) is 2.56. The summed E-state index contributed by atoms with van der Waals surface area (Å²) in [7, 11) is 0.472. The molecule has 1 N–H and O–H groups in total. The van der Waals surface area contributed by atoms with Crippen molar-refractivity contribution >= 4 is 29.9 Å². The molecule has 1 heterocycles. The van der Waals surface area contributed by atoms with Gasteiger partial charge >= 0.3 is 13.3 Å². The molecule has 0 unspecified atom stereocenters.